The van der Waals surface area contributed by atoms with Crippen molar-refractivity contribution in [2.45, 2.75) is 26.3 Å². The average molecular weight is 127 g/mol. The van der Waals surface area contributed by atoms with Gasteiger partial charge in [-0.05, 0) is 13.3 Å². The maximum Gasteiger partial charge on any atom is 0.165 e. The summed E-state index contributed by atoms with van der Waals surface area (Å²) < 4.78 is 0. The molecular weight excluding hydrogens is 114 g/mol. The fourth-order valence-electron chi connectivity index (χ4n) is 0.453. The Balaban J connectivity index is 3.46. The highest BCUT2D eigenvalue weighted by Gasteiger charge is 1.95. The van der Waals surface area contributed by atoms with E-state index in [1.54, 1.807) is 0 Å². The minimum absolute atomic E-state index is 0.350. The van der Waals surface area contributed by atoms with Gasteiger partial charge in [0, 0.05) is 6.04 Å². The molecule has 1 atom stereocenters. The van der Waals surface area contributed by atoms with Crippen LogP contribution >= 0.6 is 0 Å². The minimum Gasteiger partial charge on any atom is -0.380 e. The number of carbonyl (C=O) groups excluding carboxylic acids is 1. The lowest BCUT2D eigenvalue weighted by Gasteiger charge is -2.09. The van der Waals surface area contributed by atoms with Crippen LogP contribution in [0.5, 0.6) is 0 Å². The molecule has 9 heavy (non-hydrogen) atoms. The van der Waals surface area contributed by atoms with Gasteiger partial charge in [0.15, 0.2) is 6.29 Å². The van der Waals surface area contributed by atoms with Crippen LogP contribution in [0.15, 0.2) is 12.3 Å². The Labute approximate surface area is 56.0 Å². The zero-order valence-electron chi connectivity index (χ0n) is 5.98. The van der Waals surface area contributed by atoms with E-state index in [0.29, 0.717) is 11.7 Å². The van der Waals surface area contributed by atoms with Crippen LogP contribution in [0.1, 0.15) is 20.3 Å². The second-order valence-electron chi connectivity index (χ2n) is 2.10. The Morgan fingerprint density at radius 2 is 2.44 bits per heavy atom. The number of rotatable bonds is 4. The first-order valence-electron chi connectivity index (χ1n) is 3.11. The molecule has 0 aliphatic heterocycles. The van der Waals surface area contributed by atoms with Gasteiger partial charge >= 0.3 is 0 Å². The van der Waals surface area contributed by atoms with Gasteiger partial charge in [0.25, 0.3) is 0 Å². The van der Waals surface area contributed by atoms with Gasteiger partial charge < -0.3 is 5.32 Å². The van der Waals surface area contributed by atoms with Crippen molar-refractivity contribution in [2.75, 3.05) is 0 Å². The largest absolute Gasteiger partial charge is 0.380 e. The first kappa shape index (κ1) is 8.21. The molecule has 0 aromatic rings. The second kappa shape index (κ2) is 4.13. The normalized spacial score (nSPS) is 12.2. The Morgan fingerprint density at radius 3 is 2.78 bits per heavy atom. The van der Waals surface area contributed by atoms with Gasteiger partial charge in [0.05, 0.1) is 5.70 Å². The third-order valence-electron chi connectivity index (χ3n) is 1.19. The molecule has 0 amide bonds. The van der Waals surface area contributed by atoms with E-state index in [9.17, 15) is 4.79 Å². The van der Waals surface area contributed by atoms with E-state index in [1.807, 2.05) is 6.92 Å². The molecule has 2 heteroatoms. The predicted molar refractivity (Wildman–Crippen MR) is 38.1 cm³/mol. The second-order valence-corrected chi connectivity index (χ2v) is 2.10. The molecule has 52 valence electrons. The zero-order valence-corrected chi connectivity index (χ0v) is 5.98. The number of allylic oxidation sites excluding steroid dienone is 1. The van der Waals surface area contributed by atoms with Crippen LogP contribution in [-0.4, -0.2) is 12.3 Å². The Bertz CT molecular complexity index is 109. The molecule has 0 aromatic carbocycles. The Morgan fingerprint density at radius 1 is 1.89 bits per heavy atom. The van der Waals surface area contributed by atoms with E-state index in [4.69, 9.17) is 0 Å². The molecule has 0 rings (SSSR count). The summed E-state index contributed by atoms with van der Waals surface area (Å²) in [6.07, 6.45) is 1.74. The molecule has 0 saturated carbocycles. The van der Waals surface area contributed by atoms with E-state index in [-0.39, 0.29) is 0 Å². The first-order valence-corrected chi connectivity index (χ1v) is 3.11. The Hall–Kier alpha value is -0.790. The monoisotopic (exact) mass is 127 g/mol. The lowest BCUT2D eigenvalue weighted by atomic mass is 10.2. The van der Waals surface area contributed by atoms with Crippen LogP contribution in [0.2, 0.25) is 0 Å². The minimum atomic E-state index is 0.350. The summed E-state index contributed by atoms with van der Waals surface area (Å²) in [5.74, 6) is 0. The standard InChI is InChI=1S/C7H13NO/c1-4-6(2)8-7(3)5-9/h5-6,8H,3-4H2,1-2H3. The van der Waals surface area contributed by atoms with Crippen LogP contribution < -0.4 is 5.32 Å². The van der Waals surface area contributed by atoms with Crippen molar-refractivity contribution in [1.29, 1.82) is 0 Å². The average Bonchev–Trinajstić information content (AvgIpc) is 1.87. The van der Waals surface area contributed by atoms with Crippen molar-refractivity contribution in [3.63, 3.8) is 0 Å². The summed E-state index contributed by atoms with van der Waals surface area (Å²) in [7, 11) is 0. The van der Waals surface area contributed by atoms with Crippen LogP contribution in [0, 0.1) is 0 Å². The lowest BCUT2D eigenvalue weighted by molar-refractivity contribution is -0.105. The highest BCUT2D eigenvalue weighted by Crippen LogP contribution is 1.89. The van der Waals surface area contributed by atoms with Crippen molar-refractivity contribution < 1.29 is 4.79 Å². The third-order valence-corrected chi connectivity index (χ3v) is 1.19. The van der Waals surface area contributed by atoms with Crippen LogP contribution in [0.3, 0.4) is 0 Å². The lowest BCUT2D eigenvalue weighted by Crippen LogP contribution is -2.24. The fraction of sp³-hybridized carbons (Fsp3) is 0.571. The third kappa shape index (κ3) is 3.76. The maximum absolute atomic E-state index is 9.99. The first-order chi connectivity index (χ1) is 4.20. The summed E-state index contributed by atoms with van der Waals surface area (Å²) in [6, 6.07) is 0.350. The summed E-state index contributed by atoms with van der Waals surface area (Å²) in [4.78, 5) is 9.99. The van der Waals surface area contributed by atoms with E-state index in [2.05, 4.69) is 18.8 Å². The number of aldehydes is 1. The number of carbonyl (C=O) groups is 1. The van der Waals surface area contributed by atoms with E-state index >= 15 is 0 Å². The molecule has 0 bridgehead atoms. The van der Waals surface area contributed by atoms with Crippen LogP contribution in [0.4, 0.5) is 0 Å². The van der Waals surface area contributed by atoms with E-state index in [1.165, 1.54) is 0 Å². The summed E-state index contributed by atoms with van der Waals surface area (Å²) in [6.45, 7) is 7.54. The number of hydrogen-bond acceptors (Lipinski definition) is 2. The number of nitrogens with one attached hydrogen (secondary N) is 1. The Kier molecular flexibility index (Phi) is 3.76. The van der Waals surface area contributed by atoms with Crippen molar-refractivity contribution in [3.05, 3.63) is 12.3 Å². The summed E-state index contributed by atoms with van der Waals surface area (Å²) in [5.41, 5.74) is 0.462. The van der Waals surface area contributed by atoms with Crippen LogP contribution in [-0.2, 0) is 4.79 Å². The van der Waals surface area contributed by atoms with Gasteiger partial charge in [-0.2, -0.15) is 0 Å². The molecule has 0 fully saturated rings. The smallest absolute Gasteiger partial charge is 0.165 e. The molecule has 0 saturated heterocycles. The molecule has 2 nitrogen and oxygen atoms in total. The summed E-state index contributed by atoms with van der Waals surface area (Å²) in [5, 5.41) is 2.92. The fourth-order valence-corrected chi connectivity index (χ4v) is 0.453. The highest BCUT2D eigenvalue weighted by atomic mass is 16.1. The molecule has 0 heterocycles. The van der Waals surface area contributed by atoms with Gasteiger partial charge in [0.1, 0.15) is 0 Å². The van der Waals surface area contributed by atoms with Crippen LogP contribution in [0.25, 0.3) is 0 Å². The quantitative estimate of drug-likeness (QED) is 0.452. The predicted octanol–water partition coefficient (Wildman–Crippen LogP) is 1.09. The molecule has 1 N–H and O–H groups in total. The SMILES string of the molecule is C=C(C=O)NC(C)CC. The molecule has 0 aliphatic rings. The molecule has 1 unspecified atom stereocenters. The highest BCUT2D eigenvalue weighted by molar-refractivity contribution is 5.71. The van der Waals surface area contributed by atoms with Gasteiger partial charge in [0.2, 0.25) is 0 Å². The van der Waals surface area contributed by atoms with E-state index < -0.39 is 0 Å². The molecular formula is C7H13NO. The molecule has 0 radical (unpaired) electrons. The van der Waals surface area contributed by atoms with Crippen molar-refractivity contribution in [3.8, 4) is 0 Å². The maximum atomic E-state index is 9.99. The van der Waals surface area contributed by atoms with E-state index in [0.717, 1.165) is 12.7 Å². The number of hydrogen-bond donors (Lipinski definition) is 1. The van der Waals surface area contributed by atoms with Gasteiger partial charge in [-0.3, -0.25) is 4.79 Å². The van der Waals surface area contributed by atoms with Crippen molar-refractivity contribution in [2.24, 2.45) is 0 Å². The van der Waals surface area contributed by atoms with Crippen molar-refractivity contribution >= 4 is 6.29 Å². The topological polar surface area (TPSA) is 29.1 Å². The zero-order chi connectivity index (χ0) is 7.28. The van der Waals surface area contributed by atoms with Gasteiger partial charge in [-0.25, -0.2) is 0 Å². The molecule has 0 spiro atoms. The molecule has 0 aromatic heterocycles. The van der Waals surface area contributed by atoms with Gasteiger partial charge in [-0.1, -0.05) is 13.5 Å². The van der Waals surface area contributed by atoms with Crippen molar-refractivity contribution in [1.82, 2.24) is 5.32 Å². The summed E-state index contributed by atoms with van der Waals surface area (Å²) >= 11 is 0. The van der Waals surface area contributed by atoms with Gasteiger partial charge in [-0.15, -0.1) is 0 Å². The molecule has 0 aliphatic carbocycles.